The molecule has 1 saturated heterocycles. The molecule has 2 aromatic carbocycles. The summed E-state index contributed by atoms with van der Waals surface area (Å²) in [5.41, 5.74) is 1.40. The summed E-state index contributed by atoms with van der Waals surface area (Å²) in [4.78, 5) is 14.7. The third-order valence-corrected chi connectivity index (χ3v) is 4.96. The number of nitrogens with zero attached hydrogens (tertiary/aromatic N) is 1. The summed E-state index contributed by atoms with van der Waals surface area (Å²) in [5, 5.41) is 2.70. The number of anilines is 2. The molecule has 0 spiro atoms. The summed E-state index contributed by atoms with van der Waals surface area (Å²) < 4.78 is 39.6. The molecule has 1 amide bonds. The number of hydrogen-bond donors (Lipinski definition) is 1. The molecular weight excluding hydrogens is 353 g/mol. The van der Waals surface area contributed by atoms with Gasteiger partial charge < -0.3 is 10.2 Å². The lowest BCUT2D eigenvalue weighted by Crippen LogP contribution is -2.38. The van der Waals surface area contributed by atoms with E-state index in [2.05, 4.69) is 17.1 Å². The van der Waals surface area contributed by atoms with Gasteiger partial charge in [0.2, 0.25) is 0 Å². The number of halogens is 3. The second-order valence-electron chi connectivity index (χ2n) is 7.09. The van der Waals surface area contributed by atoms with Crippen molar-refractivity contribution in [1.29, 1.82) is 0 Å². The van der Waals surface area contributed by atoms with Gasteiger partial charge in [0.05, 0.1) is 16.9 Å². The molecule has 1 unspecified atom stereocenters. The summed E-state index contributed by atoms with van der Waals surface area (Å²) >= 11 is 0. The number of carbonyl (C=O) groups excluding carboxylic acids is 1. The highest BCUT2D eigenvalue weighted by atomic mass is 19.4. The molecule has 0 aromatic heterocycles. The maximum absolute atomic E-state index is 13.2. The number of alkyl halides is 3. The van der Waals surface area contributed by atoms with Crippen molar-refractivity contribution >= 4 is 17.3 Å². The van der Waals surface area contributed by atoms with E-state index in [1.165, 1.54) is 6.07 Å². The van der Waals surface area contributed by atoms with Gasteiger partial charge in [0, 0.05) is 18.2 Å². The quantitative estimate of drug-likeness (QED) is 0.751. The molecule has 0 saturated carbocycles. The maximum Gasteiger partial charge on any atom is 0.416 e. The number of amides is 1. The van der Waals surface area contributed by atoms with Gasteiger partial charge in [0.1, 0.15) is 0 Å². The van der Waals surface area contributed by atoms with E-state index in [-0.39, 0.29) is 11.7 Å². The van der Waals surface area contributed by atoms with Crippen LogP contribution < -0.4 is 10.2 Å². The second kappa shape index (κ2) is 7.62. The van der Waals surface area contributed by atoms with Crippen molar-refractivity contribution in [3.8, 4) is 0 Å². The average molecular weight is 376 g/mol. The molecule has 1 aliphatic heterocycles. The number of rotatable bonds is 3. The first-order valence-corrected chi connectivity index (χ1v) is 9.11. The molecule has 1 fully saturated rings. The zero-order chi connectivity index (χ0) is 19.6. The monoisotopic (exact) mass is 376 g/mol. The van der Waals surface area contributed by atoms with Crippen molar-refractivity contribution in [3.63, 3.8) is 0 Å². The fraction of sp³-hybridized carbons (Fsp3) is 0.381. The third kappa shape index (κ3) is 4.43. The summed E-state index contributed by atoms with van der Waals surface area (Å²) in [5.74, 6) is -0.413. The Balaban J connectivity index is 1.98. The Hall–Kier alpha value is -2.50. The van der Waals surface area contributed by atoms with Crippen LogP contribution in [0, 0.1) is 6.92 Å². The minimum atomic E-state index is -4.46. The van der Waals surface area contributed by atoms with Crippen LogP contribution in [0.1, 0.15) is 47.7 Å². The molecule has 0 radical (unpaired) electrons. The van der Waals surface area contributed by atoms with E-state index in [1.54, 1.807) is 18.2 Å². The van der Waals surface area contributed by atoms with E-state index >= 15 is 0 Å². The standard InChI is InChI=1S/C21H23F3N2O/c1-14-6-5-8-16(12-14)20(27)25-18-13-17(21(22,23)24)9-10-19(18)26-11-4-3-7-15(26)2/h5-6,8-10,12-13,15H,3-4,7,11H2,1-2H3,(H,25,27). The third-order valence-electron chi connectivity index (χ3n) is 4.96. The largest absolute Gasteiger partial charge is 0.416 e. The number of hydrogen-bond acceptors (Lipinski definition) is 2. The predicted octanol–water partition coefficient (Wildman–Crippen LogP) is 5.64. The first-order chi connectivity index (χ1) is 12.8. The van der Waals surface area contributed by atoms with Crippen LogP contribution in [0.5, 0.6) is 0 Å². The van der Waals surface area contributed by atoms with Gasteiger partial charge in [-0.1, -0.05) is 17.7 Å². The van der Waals surface area contributed by atoms with Crippen molar-refractivity contribution in [3.05, 3.63) is 59.2 Å². The lowest BCUT2D eigenvalue weighted by molar-refractivity contribution is -0.137. The van der Waals surface area contributed by atoms with Crippen molar-refractivity contribution in [2.75, 3.05) is 16.8 Å². The maximum atomic E-state index is 13.2. The smallest absolute Gasteiger partial charge is 0.367 e. The molecule has 3 nitrogen and oxygen atoms in total. The molecule has 1 N–H and O–H groups in total. The average Bonchev–Trinajstić information content (AvgIpc) is 2.61. The van der Waals surface area contributed by atoms with Crippen molar-refractivity contribution in [1.82, 2.24) is 0 Å². The zero-order valence-corrected chi connectivity index (χ0v) is 15.4. The van der Waals surface area contributed by atoms with Gasteiger partial charge in [-0.3, -0.25) is 4.79 Å². The highest BCUT2D eigenvalue weighted by Gasteiger charge is 2.32. The minimum Gasteiger partial charge on any atom is -0.367 e. The van der Waals surface area contributed by atoms with E-state index < -0.39 is 17.6 Å². The Labute approximate surface area is 157 Å². The fourth-order valence-electron chi connectivity index (χ4n) is 3.50. The molecule has 6 heteroatoms. The van der Waals surface area contributed by atoms with Gasteiger partial charge in [-0.05, 0) is 63.4 Å². The van der Waals surface area contributed by atoms with Gasteiger partial charge in [-0.2, -0.15) is 13.2 Å². The molecule has 1 aliphatic rings. The number of carbonyl (C=O) groups is 1. The van der Waals surface area contributed by atoms with Gasteiger partial charge in [-0.25, -0.2) is 0 Å². The van der Waals surface area contributed by atoms with Crippen LogP contribution in [0.2, 0.25) is 0 Å². The second-order valence-corrected chi connectivity index (χ2v) is 7.09. The van der Waals surface area contributed by atoms with E-state index in [4.69, 9.17) is 0 Å². The van der Waals surface area contributed by atoms with Crippen LogP contribution in [-0.4, -0.2) is 18.5 Å². The number of benzene rings is 2. The van der Waals surface area contributed by atoms with Crippen molar-refractivity contribution in [2.45, 2.75) is 45.3 Å². The predicted molar refractivity (Wildman–Crippen MR) is 101 cm³/mol. The van der Waals surface area contributed by atoms with Crippen LogP contribution in [0.3, 0.4) is 0 Å². The molecule has 0 aliphatic carbocycles. The van der Waals surface area contributed by atoms with Gasteiger partial charge in [-0.15, -0.1) is 0 Å². The zero-order valence-electron chi connectivity index (χ0n) is 15.4. The van der Waals surface area contributed by atoms with Crippen LogP contribution >= 0.6 is 0 Å². The van der Waals surface area contributed by atoms with Crippen LogP contribution in [-0.2, 0) is 6.18 Å². The number of aryl methyl sites for hydroxylation is 1. The van der Waals surface area contributed by atoms with Crippen LogP contribution in [0.25, 0.3) is 0 Å². The number of piperidine rings is 1. The summed E-state index contributed by atoms with van der Waals surface area (Å²) in [6.07, 6.45) is -1.40. The Morgan fingerprint density at radius 2 is 1.93 bits per heavy atom. The summed E-state index contributed by atoms with van der Waals surface area (Å²) in [6, 6.07) is 10.8. The van der Waals surface area contributed by atoms with E-state index in [0.717, 1.165) is 43.5 Å². The van der Waals surface area contributed by atoms with Crippen molar-refractivity contribution in [2.24, 2.45) is 0 Å². The highest BCUT2D eigenvalue weighted by Crippen LogP contribution is 2.37. The van der Waals surface area contributed by atoms with Gasteiger partial charge >= 0.3 is 6.18 Å². The molecule has 1 heterocycles. The van der Waals surface area contributed by atoms with E-state index in [1.807, 2.05) is 13.0 Å². The van der Waals surface area contributed by atoms with E-state index in [9.17, 15) is 18.0 Å². The summed E-state index contributed by atoms with van der Waals surface area (Å²) in [7, 11) is 0. The Morgan fingerprint density at radius 3 is 2.59 bits per heavy atom. The lowest BCUT2D eigenvalue weighted by Gasteiger charge is -2.36. The van der Waals surface area contributed by atoms with Gasteiger partial charge in [0.15, 0.2) is 0 Å². The minimum absolute atomic E-state index is 0.199. The first-order valence-electron chi connectivity index (χ1n) is 9.11. The number of nitrogens with one attached hydrogen (secondary N) is 1. The SMILES string of the molecule is Cc1cccc(C(=O)Nc2cc(C(F)(F)F)ccc2N2CCCCC2C)c1. The normalized spacial score (nSPS) is 17.7. The Kier molecular flexibility index (Phi) is 5.44. The lowest BCUT2D eigenvalue weighted by atomic mass is 10.0. The molecule has 0 bridgehead atoms. The topological polar surface area (TPSA) is 32.3 Å². The molecule has 3 rings (SSSR count). The fourth-order valence-corrected chi connectivity index (χ4v) is 3.50. The molecule has 27 heavy (non-hydrogen) atoms. The van der Waals surface area contributed by atoms with Gasteiger partial charge in [0.25, 0.3) is 5.91 Å². The van der Waals surface area contributed by atoms with E-state index in [0.29, 0.717) is 11.3 Å². The Morgan fingerprint density at radius 1 is 1.15 bits per heavy atom. The molecule has 144 valence electrons. The highest BCUT2D eigenvalue weighted by molar-refractivity contribution is 6.06. The first kappa shape index (κ1) is 19.3. The van der Waals surface area contributed by atoms with Crippen LogP contribution in [0.4, 0.5) is 24.5 Å². The summed E-state index contributed by atoms with van der Waals surface area (Å²) in [6.45, 7) is 4.69. The van der Waals surface area contributed by atoms with Crippen LogP contribution in [0.15, 0.2) is 42.5 Å². The molecular formula is C21H23F3N2O. The molecule has 2 aromatic rings. The van der Waals surface area contributed by atoms with Crippen molar-refractivity contribution < 1.29 is 18.0 Å². The Bertz CT molecular complexity index is 832. The molecule has 1 atom stereocenters.